The minimum Gasteiger partial charge on any atom is -0.378 e. The molecular weight excluding hydrogens is 332 g/mol. The number of piperidine rings is 1. The Hall–Kier alpha value is -2.48. The van der Waals surface area contributed by atoms with Crippen molar-refractivity contribution in [3.8, 4) is 11.5 Å². The van der Waals surface area contributed by atoms with Crippen LogP contribution in [0, 0.1) is 5.92 Å². The number of aromatic nitrogens is 4. The van der Waals surface area contributed by atoms with Gasteiger partial charge in [0.05, 0.1) is 12.6 Å². The average Bonchev–Trinajstić information content (AvgIpc) is 3.14. The molecule has 0 saturated carbocycles. The van der Waals surface area contributed by atoms with Gasteiger partial charge in [-0.05, 0) is 30.9 Å². The summed E-state index contributed by atoms with van der Waals surface area (Å²) in [5.41, 5.74) is 0.699. The summed E-state index contributed by atoms with van der Waals surface area (Å²) in [4.78, 5) is 22.7. The summed E-state index contributed by atoms with van der Waals surface area (Å²) in [5.74, 6) is 1.67. The molecule has 3 rings (SSSR count). The maximum atomic E-state index is 12.3. The van der Waals surface area contributed by atoms with Gasteiger partial charge in [-0.3, -0.25) is 10.1 Å². The molecule has 8 nitrogen and oxygen atoms in total. The van der Waals surface area contributed by atoms with Gasteiger partial charge in [0, 0.05) is 25.9 Å². The van der Waals surface area contributed by atoms with Gasteiger partial charge in [-0.25, -0.2) is 9.78 Å². The molecule has 1 saturated heterocycles. The number of aromatic amines is 1. The van der Waals surface area contributed by atoms with E-state index in [9.17, 15) is 4.79 Å². The van der Waals surface area contributed by atoms with E-state index in [0.717, 1.165) is 19.4 Å². The second-order valence-electron chi connectivity index (χ2n) is 6.89. The highest BCUT2D eigenvalue weighted by molar-refractivity contribution is 5.74. The highest BCUT2D eigenvalue weighted by Crippen LogP contribution is 2.15. The lowest BCUT2D eigenvalue weighted by Gasteiger charge is -2.32. The Morgan fingerprint density at radius 3 is 2.88 bits per heavy atom. The van der Waals surface area contributed by atoms with Gasteiger partial charge in [0.15, 0.2) is 5.82 Å². The summed E-state index contributed by atoms with van der Waals surface area (Å²) in [6, 6.07) is 5.49. The van der Waals surface area contributed by atoms with Crippen molar-refractivity contribution in [1.82, 2.24) is 30.4 Å². The fourth-order valence-corrected chi connectivity index (χ4v) is 2.81. The third kappa shape index (κ3) is 5.01. The Balaban J connectivity index is 1.43. The molecule has 1 aliphatic heterocycles. The number of hydrogen-bond acceptors (Lipinski definition) is 5. The van der Waals surface area contributed by atoms with E-state index >= 15 is 0 Å². The molecule has 1 fully saturated rings. The van der Waals surface area contributed by atoms with Crippen LogP contribution in [0.1, 0.15) is 32.5 Å². The number of ether oxygens (including phenoxy) is 1. The van der Waals surface area contributed by atoms with E-state index in [2.05, 4.69) is 39.3 Å². The van der Waals surface area contributed by atoms with E-state index in [-0.39, 0.29) is 12.1 Å². The van der Waals surface area contributed by atoms with Gasteiger partial charge in [-0.15, -0.1) is 0 Å². The third-order valence-corrected chi connectivity index (χ3v) is 4.23. The number of hydrogen-bond donors (Lipinski definition) is 2. The number of H-pyrrole nitrogens is 1. The molecule has 0 spiro atoms. The summed E-state index contributed by atoms with van der Waals surface area (Å²) in [5, 5.41) is 9.87. The fourth-order valence-electron chi connectivity index (χ4n) is 2.81. The summed E-state index contributed by atoms with van der Waals surface area (Å²) < 4.78 is 5.86. The van der Waals surface area contributed by atoms with Gasteiger partial charge >= 0.3 is 6.03 Å². The SMILES string of the molecule is CC(C)COC1CCN(C(=O)NCc2nc(-c3ccccn3)n[nH]2)CC1. The number of carbonyl (C=O) groups is 1. The Kier molecular flexibility index (Phi) is 6.17. The average molecular weight is 358 g/mol. The Morgan fingerprint density at radius 1 is 1.38 bits per heavy atom. The largest absolute Gasteiger partial charge is 0.378 e. The standard InChI is InChI=1S/C18H26N6O2/c1-13(2)12-26-14-6-9-24(10-7-14)18(25)20-11-16-21-17(23-22-16)15-5-3-4-8-19-15/h3-5,8,13-14H,6-7,9-12H2,1-2H3,(H,20,25)(H,21,22,23). The molecule has 2 N–H and O–H groups in total. The molecule has 26 heavy (non-hydrogen) atoms. The van der Waals surface area contributed by atoms with Crippen molar-refractivity contribution < 1.29 is 9.53 Å². The molecule has 8 heteroatoms. The molecule has 0 aliphatic carbocycles. The zero-order chi connectivity index (χ0) is 18.4. The molecule has 0 atom stereocenters. The van der Waals surface area contributed by atoms with E-state index in [1.165, 1.54) is 0 Å². The molecule has 140 valence electrons. The molecule has 0 bridgehead atoms. The predicted octanol–water partition coefficient (Wildman–Crippen LogP) is 2.21. The number of nitrogens with zero attached hydrogens (tertiary/aromatic N) is 4. The molecule has 0 radical (unpaired) electrons. The molecule has 2 aromatic rings. The van der Waals surface area contributed by atoms with Crippen LogP contribution >= 0.6 is 0 Å². The minimum absolute atomic E-state index is 0.0805. The first-order valence-electron chi connectivity index (χ1n) is 9.09. The summed E-state index contributed by atoms with van der Waals surface area (Å²) >= 11 is 0. The van der Waals surface area contributed by atoms with Crippen LogP contribution in [0.5, 0.6) is 0 Å². The molecule has 2 aromatic heterocycles. The van der Waals surface area contributed by atoms with Crippen molar-refractivity contribution in [3.63, 3.8) is 0 Å². The Morgan fingerprint density at radius 2 is 2.19 bits per heavy atom. The first kappa shape index (κ1) is 18.3. The lowest BCUT2D eigenvalue weighted by atomic mass is 10.1. The summed E-state index contributed by atoms with van der Waals surface area (Å²) in [7, 11) is 0. The van der Waals surface area contributed by atoms with E-state index in [1.54, 1.807) is 6.20 Å². The van der Waals surface area contributed by atoms with Gasteiger partial charge < -0.3 is 15.0 Å². The zero-order valence-electron chi connectivity index (χ0n) is 15.3. The maximum Gasteiger partial charge on any atom is 0.317 e. The van der Waals surface area contributed by atoms with E-state index in [4.69, 9.17) is 4.74 Å². The summed E-state index contributed by atoms with van der Waals surface area (Å²) in [6.07, 6.45) is 3.72. The third-order valence-electron chi connectivity index (χ3n) is 4.23. The van der Waals surface area contributed by atoms with E-state index < -0.39 is 0 Å². The monoisotopic (exact) mass is 358 g/mol. The number of carbonyl (C=O) groups excluding carboxylic acids is 1. The van der Waals surface area contributed by atoms with Gasteiger partial charge in [-0.1, -0.05) is 19.9 Å². The first-order chi connectivity index (χ1) is 12.6. The van der Waals surface area contributed by atoms with Crippen molar-refractivity contribution in [2.24, 2.45) is 5.92 Å². The summed E-state index contributed by atoms with van der Waals surface area (Å²) in [6.45, 7) is 6.80. The van der Waals surface area contributed by atoms with Crippen molar-refractivity contribution in [2.75, 3.05) is 19.7 Å². The number of rotatable bonds is 6. The van der Waals surface area contributed by atoms with Crippen molar-refractivity contribution in [2.45, 2.75) is 39.3 Å². The topological polar surface area (TPSA) is 96.0 Å². The van der Waals surface area contributed by atoms with Gasteiger partial charge in [0.1, 0.15) is 11.5 Å². The van der Waals surface area contributed by atoms with Crippen LogP contribution < -0.4 is 5.32 Å². The zero-order valence-corrected chi connectivity index (χ0v) is 15.3. The second kappa shape index (κ2) is 8.75. The van der Waals surface area contributed by atoms with E-state index in [1.807, 2.05) is 23.1 Å². The quantitative estimate of drug-likeness (QED) is 0.825. The number of pyridine rings is 1. The number of nitrogens with one attached hydrogen (secondary N) is 2. The van der Waals surface area contributed by atoms with Crippen LogP contribution in [-0.2, 0) is 11.3 Å². The maximum absolute atomic E-state index is 12.3. The van der Waals surface area contributed by atoms with Crippen LogP contribution in [-0.4, -0.2) is 56.9 Å². The molecular formula is C18H26N6O2. The first-order valence-corrected chi connectivity index (χ1v) is 9.09. The van der Waals surface area contributed by atoms with Crippen molar-refractivity contribution >= 4 is 6.03 Å². The van der Waals surface area contributed by atoms with Crippen LogP contribution in [0.3, 0.4) is 0 Å². The van der Waals surface area contributed by atoms with Crippen LogP contribution in [0.25, 0.3) is 11.5 Å². The van der Waals surface area contributed by atoms with Crippen LogP contribution in [0.2, 0.25) is 0 Å². The lowest BCUT2D eigenvalue weighted by Crippen LogP contribution is -2.45. The van der Waals surface area contributed by atoms with Crippen molar-refractivity contribution in [1.29, 1.82) is 0 Å². The fraction of sp³-hybridized carbons (Fsp3) is 0.556. The van der Waals surface area contributed by atoms with Gasteiger partial charge in [0.2, 0.25) is 0 Å². The van der Waals surface area contributed by atoms with E-state index in [0.29, 0.717) is 42.9 Å². The highest BCUT2D eigenvalue weighted by atomic mass is 16.5. The predicted molar refractivity (Wildman–Crippen MR) is 97.2 cm³/mol. The van der Waals surface area contributed by atoms with Crippen molar-refractivity contribution in [3.05, 3.63) is 30.2 Å². The Bertz CT molecular complexity index is 695. The van der Waals surface area contributed by atoms with Gasteiger partial charge in [-0.2, -0.15) is 5.10 Å². The second-order valence-corrected chi connectivity index (χ2v) is 6.89. The molecule has 3 heterocycles. The van der Waals surface area contributed by atoms with Gasteiger partial charge in [0.25, 0.3) is 0 Å². The number of urea groups is 1. The molecule has 0 unspecified atom stereocenters. The lowest BCUT2D eigenvalue weighted by molar-refractivity contribution is 0.00210. The van der Waals surface area contributed by atoms with Crippen LogP contribution in [0.15, 0.2) is 24.4 Å². The highest BCUT2D eigenvalue weighted by Gasteiger charge is 2.23. The van der Waals surface area contributed by atoms with Crippen LogP contribution in [0.4, 0.5) is 4.79 Å². The Labute approximate surface area is 153 Å². The minimum atomic E-state index is -0.0805. The molecule has 0 aromatic carbocycles. The molecule has 1 aliphatic rings. The normalized spacial score (nSPS) is 15.4. The smallest absolute Gasteiger partial charge is 0.317 e. The number of likely N-dealkylation sites (tertiary alicyclic amines) is 1. The number of amides is 2. The molecule has 2 amide bonds.